The van der Waals surface area contributed by atoms with E-state index < -0.39 is 10.0 Å². The monoisotopic (exact) mass is 399 g/mol. The lowest BCUT2D eigenvalue weighted by molar-refractivity contribution is 0.408. The first kappa shape index (κ1) is 18.8. The first-order valence-corrected chi connectivity index (χ1v) is 11.0. The summed E-state index contributed by atoms with van der Waals surface area (Å²) in [6.45, 7) is 5.69. The molecule has 0 spiro atoms. The number of aromatic nitrogens is 1. The summed E-state index contributed by atoms with van der Waals surface area (Å²) in [7, 11) is -2.16. The van der Waals surface area contributed by atoms with E-state index >= 15 is 0 Å². The summed E-state index contributed by atoms with van der Waals surface area (Å²) in [6.07, 6.45) is 2.43. The first-order valence-electron chi connectivity index (χ1n) is 9.54. The molecule has 0 aliphatic carbocycles. The average molecular weight is 400 g/mol. The third-order valence-corrected chi connectivity index (χ3v) is 7.01. The Labute approximate surface area is 165 Å². The number of hydrogen-bond acceptors (Lipinski definition) is 5. The normalized spacial score (nSPS) is 15.1. The van der Waals surface area contributed by atoms with Gasteiger partial charge in [0, 0.05) is 49.5 Å². The highest BCUT2D eigenvalue weighted by Gasteiger charge is 2.22. The highest BCUT2D eigenvalue weighted by Crippen LogP contribution is 2.31. The van der Waals surface area contributed by atoms with E-state index in [1.54, 1.807) is 25.4 Å². The van der Waals surface area contributed by atoms with Crippen molar-refractivity contribution in [2.45, 2.75) is 18.2 Å². The zero-order chi connectivity index (χ0) is 19.7. The van der Waals surface area contributed by atoms with E-state index in [-0.39, 0.29) is 4.90 Å². The molecular weight excluding hydrogens is 374 g/mol. The smallest absolute Gasteiger partial charge is 0.268 e. The van der Waals surface area contributed by atoms with Crippen LogP contribution in [0.15, 0.2) is 53.6 Å². The number of piperazine rings is 1. The molecule has 4 rings (SSSR count). The van der Waals surface area contributed by atoms with Crippen molar-refractivity contribution in [3.05, 3.63) is 54.2 Å². The molecule has 148 valence electrons. The molecule has 1 N–H and O–H groups in total. The lowest BCUT2D eigenvalue weighted by Gasteiger charge is -2.30. The molecule has 2 heterocycles. The number of anilines is 1. The minimum Gasteiger partial charge on any atom is -0.496 e. The number of hydrogen-bond donors (Lipinski definition) is 1. The van der Waals surface area contributed by atoms with Crippen LogP contribution in [0.4, 0.5) is 5.69 Å². The molecule has 1 fully saturated rings. The van der Waals surface area contributed by atoms with Crippen LogP contribution in [-0.4, -0.2) is 45.7 Å². The molecule has 0 bridgehead atoms. The lowest BCUT2D eigenvalue weighted by Crippen LogP contribution is -2.43. The van der Waals surface area contributed by atoms with Crippen LogP contribution in [0, 0.1) is 0 Å². The fourth-order valence-corrected chi connectivity index (χ4v) is 5.17. The summed E-state index contributed by atoms with van der Waals surface area (Å²) in [5.41, 5.74) is 2.75. The molecule has 3 aromatic rings. The van der Waals surface area contributed by atoms with Crippen molar-refractivity contribution in [1.82, 2.24) is 9.29 Å². The maximum Gasteiger partial charge on any atom is 0.268 e. The Balaban J connectivity index is 1.80. The van der Waals surface area contributed by atoms with Gasteiger partial charge in [-0.15, -0.1) is 0 Å². The van der Waals surface area contributed by atoms with Crippen molar-refractivity contribution in [2.75, 3.05) is 38.2 Å². The van der Waals surface area contributed by atoms with Crippen molar-refractivity contribution in [3.8, 4) is 5.75 Å². The van der Waals surface area contributed by atoms with Gasteiger partial charge in [-0.1, -0.05) is 19.1 Å². The number of fused-ring (bicyclic) bond motifs is 1. The van der Waals surface area contributed by atoms with Gasteiger partial charge in [-0.05, 0) is 36.2 Å². The molecule has 2 aromatic carbocycles. The summed E-state index contributed by atoms with van der Waals surface area (Å²) in [6, 6.07) is 12.8. The molecule has 0 amide bonds. The first-order chi connectivity index (χ1) is 13.6. The number of methoxy groups -OCH3 is 1. The van der Waals surface area contributed by atoms with E-state index in [2.05, 4.69) is 16.3 Å². The van der Waals surface area contributed by atoms with Gasteiger partial charge in [-0.3, -0.25) is 0 Å². The van der Waals surface area contributed by atoms with E-state index in [1.807, 2.05) is 31.2 Å². The SMILES string of the molecule is CCc1ccc(S(=O)(=O)n2ccc3c(N4CCNCC4)cccc32)cc1OC. The number of ether oxygens (including phenoxy) is 1. The highest BCUT2D eigenvalue weighted by atomic mass is 32.2. The van der Waals surface area contributed by atoms with Crippen molar-refractivity contribution in [1.29, 1.82) is 0 Å². The van der Waals surface area contributed by atoms with E-state index in [9.17, 15) is 8.42 Å². The summed E-state index contributed by atoms with van der Waals surface area (Å²) in [5.74, 6) is 0.599. The number of nitrogens with zero attached hydrogens (tertiary/aromatic N) is 2. The maximum absolute atomic E-state index is 13.3. The third kappa shape index (κ3) is 3.14. The van der Waals surface area contributed by atoms with Crippen molar-refractivity contribution < 1.29 is 13.2 Å². The molecule has 1 aliphatic rings. The summed E-state index contributed by atoms with van der Waals surface area (Å²) >= 11 is 0. The molecule has 7 heteroatoms. The Morgan fingerprint density at radius 3 is 2.61 bits per heavy atom. The van der Waals surface area contributed by atoms with Crippen molar-refractivity contribution >= 4 is 26.6 Å². The standard InChI is InChI=1S/C21H25N3O3S/c1-3-16-7-8-17(15-21(16)27-2)28(25,26)24-12-9-18-19(5-4-6-20(18)24)23-13-10-22-11-14-23/h4-9,12,15,22H,3,10-11,13-14H2,1-2H3. The Kier molecular flexibility index (Phi) is 5.03. The van der Waals surface area contributed by atoms with Gasteiger partial charge in [0.15, 0.2) is 0 Å². The minimum atomic E-state index is -3.72. The molecule has 6 nitrogen and oxygen atoms in total. The van der Waals surface area contributed by atoms with E-state index in [1.165, 1.54) is 3.97 Å². The Morgan fingerprint density at radius 1 is 1.11 bits per heavy atom. The number of nitrogens with one attached hydrogen (secondary N) is 1. The van der Waals surface area contributed by atoms with Crippen molar-refractivity contribution in [2.24, 2.45) is 0 Å². The van der Waals surface area contributed by atoms with Crippen LogP contribution in [-0.2, 0) is 16.4 Å². The number of rotatable bonds is 5. The van der Waals surface area contributed by atoms with Gasteiger partial charge in [0.1, 0.15) is 5.75 Å². The zero-order valence-corrected chi connectivity index (χ0v) is 17.0. The third-order valence-electron chi connectivity index (χ3n) is 5.33. The molecular formula is C21H25N3O3S. The van der Waals surface area contributed by atoms with Gasteiger partial charge in [0.2, 0.25) is 0 Å². The largest absolute Gasteiger partial charge is 0.496 e. The van der Waals surface area contributed by atoms with Crippen LogP contribution in [0.25, 0.3) is 10.9 Å². The highest BCUT2D eigenvalue weighted by molar-refractivity contribution is 7.90. The fraction of sp³-hybridized carbons (Fsp3) is 0.333. The van der Waals surface area contributed by atoms with Crippen LogP contribution in [0.5, 0.6) is 5.75 Å². The fourth-order valence-electron chi connectivity index (χ4n) is 3.81. The molecule has 0 unspecified atom stereocenters. The zero-order valence-electron chi connectivity index (χ0n) is 16.2. The average Bonchev–Trinajstić information content (AvgIpc) is 3.19. The van der Waals surface area contributed by atoms with Crippen LogP contribution < -0.4 is 15.0 Å². The second-order valence-electron chi connectivity index (χ2n) is 6.89. The van der Waals surface area contributed by atoms with Gasteiger partial charge in [-0.2, -0.15) is 0 Å². The van der Waals surface area contributed by atoms with Gasteiger partial charge < -0.3 is 15.0 Å². The topological polar surface area (TPSA) is 63.6 Å². The molecule has 28 heavy (non-hydrogen) atoms. The van der Waals surface area contributed by atoms with E-state index in [0.29, 0.717) is 11.3 Å². The maximum atomic E-state index is 13.3. The van der Waals surface area contributed by atoms with Crippen LogP contribution >= 0.6 is 0 Å². The Bertz CT molecular complexity index is 1100. The molecule has 1 saturated heterocycles. The Morgan fingerprint density at radius 2 is 1.89 bits per heavy atom. The summed E-state index contributed by atoms with van der Waals surface area (Å²) < 4.78 is 33.5. The van der Waals surface area contributed by atoms with Gasteiger partial charge in [0.05, 0.1) is 17.5 Å². The van der Waals surface area contributed by atoms with Crippen molar-refractivity contribution in [3.63, 3.8) is 0 Å². The van der Waals surface area contributed by atoms with Gasteiger partial charge >= 0.3 is 0 Å². The second kappa shape index (κ2) is 7.48. The van der Waals surface area contributed by atoms with E-state index in [0.717, 1.165) is 49.2 Å². The van der Waals surface area contributed by atoms with Crippen LogP contribution in [0.1, 0.15) is 12.5 Å². The lowest BCUT2D eigenvalue weighted by atomic mass is 10.1. The van der Waals surface area contributed by atoms with Crippen LogP contribution in [0.3, 0.4) is 0 Å². The summed E-state index contributed by atoms with van der Waals surface area (Å²) in [4.78, 5) is 2.53. The summed E-state index contributed by atoms with van der Waals surface area (Å²) in [5, 5.41) is 4.30. The molecule has 1 aliphatic heterocycles. The molecule has 0 radical (unpaired) electrons. The number of benzene rings is 2. The predicted molar refractivity (Wildman–Crippen MR) is 112 cm³/mol. The molecule has 1 aromatic heterocycles. The minimum absolute atomic E-state index is 0.228. The second-order valence-corrected chi connectivity index (χ2v) is 8.71. The quantitative estimate of drug-likeness (QED) is 0.715. The Hall–Kier alpha value is -2.51. The van der Waals surface area contributed by atoms with Gasteiger partial charge in [-0.25, -0.2) is 12.4 Å². The molecule has 0 atom stereocenters. The molecule has 0 saturated carbocycles. The van der Waals surface area contributed by atoms with Gasteiger partial charge in [0.25, 0.3) is 10.0 Å². The predicted octanol–water partition coefficient (Wildman–Crippen LogP) is 2.86. The van der Waals surface area contributed by atoms with Crippen LogP contribution in [0.2, 0.25) is 0 Å². The number of aryl methyl sites for hydroxylation is 1. The van der Waals surface area contributed by atoms with E-state index in [4.69, 9.17) is 4.74 Å².